The summed E-state index contributed by atoms with van der Waals surface area (Å²) >= 11 is 0. The Kier molecular flexibility index (Phi) is 6.53. The molecule has 0 aromatic carbocycles. The molecule has 0 aromatic heterocycles. The Bertz CT molecular complexity index is 130. The number of likely N-dealkylation sites (N-methyl/N-ethyl adjacent to an activating group) is 1. The summed E-state index contributed by atoms with van der Waals surface area (Å²) in [5.41, 5.74) is 0. The summed E-state index contributed by atoms with van der Waals surface area (Å²) in [5, 5.41) is 0. The second-order valence-corrected chi connectivity index (χ2v) is 3.23. The van der Waals surface area contributed by atoms with E-state index in [-0.39, 0.29) is 12.4 Å². The van der Waals surface area contributed by atoms with Crippen LogP contribution in [0.5, 0.6) is 0 Å². The van der Waals surface area contributed by atoms with Crippen LogP contribution in [0.3, 0.4) is 0 Å². The SMILES string of the molecule is C=CC[N+](C)(C)C(C)C=C.[Cl-]. The van der Waals surface area contributed by atoms with Gasteiger partial charge in [0.2, 0.25) is 0 Å². The molecule has 0 saturated carbocycles. The third-order valence-corrected chi connectivity index (χ3v) is 2.04. The fourth-order valence-corrected chi connectivity index (χ4v) is 0.784. The summed E-state index contributed by atoms with van der Waals surface area (Å²) in [5.74, 6) is 0. The van der Waals surface area contributed by atoms with Crippen molar-refractivity contribution in [3.63, 3.8) is 0 Å². The molecule has 0 saturated heterocycles. The molecule has 0 heterocycles. The minimum Gasteiger partial charge on any atom is -1.00 e. The van der Waals surface area contributed by atoms with Crippen molar-refractivity contribution in [1.29, 1.82) is 0 Å². The Morgan fingerprint density at radius 3 is 2.09 bits per heavy atom. The van der Waals surface area contributed by atoms with Crippen LogP contribution in [-0.2, 0) is 0 Å². The summed E-state index contributed by atoms with van der Waals surface area (Å²) in [6, 6.07) is 0.498. The number of quaternary nitrogens is 1. The van der Waals surface area contributed by atoms with Crippen LogP contribution in [-0.4, -0.2) is 31.2 Å². The summed E-state index contributed by atoms with van der Waals surface area (Å²) in [7, 11) is 4.35. The maximum atomic E-state index is 3.76. The number of nitrogens with zero attached hydrogens (tertiary/aromatic N) is 1. The van der Waals surface area contributed by atoms with E-state index in [9.17, 15) is 0 Å². The van der Waals surface area contributed by atoms with Gasteiger partial charge in [-0.1, -0.05) is 13.2 Å². The molecule has 0 aromatic rings. The minimum absolute atomic E-state index is 0. The fraction of sp³-hybridized carbons (Fsp3) is 0.556. The molecular formula is C9H18ClN. The van der Waals surface area contributed by atoms with E-state index in [1.807, 2.05) is 12.2 Å². The standard InChI is InChI=1S/C9H18N.ClH/c1-6-8-10(4,5)9(3)7-2;/h6-7,9H,1-2,8H2,3-5H3;1H/q+1;/p-1. The predicted octanol–water partition coefficient (Wildman–Crippen LogP) is -1.17. The zero-order chi connectivity index (χ0) is 8.20. The highest BCUT2D eigenvalue weighted by Crippen LogP contribution is 2.06. The van der Waals surface area contributed by atoms with Crippen LogP contribution in [0.4, 0.5) is 0 Å². The first-order valence-corrected chi connectivity index (χ1v) is 3.60. The molecule has 66 valence electrons. The van der Waals surface area contributed by atoms with Crippen LogP contribution in [0.2, 0.25) is 0 Å². The molecule has 11 heavy (non-hydrogen) atoms. The van der Waals surface area contributed by atoms with Crippen LogP contribution >= 0.6 is 0 Å². The molecule has 2 heteroatoms. The lowest BCUT2D eigenvalue weighted by Gasteiger charge is -2.33. The molecule has 0 N–H and O–H groups in total. The largest absolute Gasteiger partial charge is 1.00 e. The van der Waals surface area contributed by atoms with Gasteiger partial charge in [-0.15, -0.1) is 0 Å². The van der Waals surface area contributed by atoms with E-state index in [2.05, 4.69) is 34.2 Å². The normalized spacial score (nSPS) is 13.0. The van der Waals surface area contributed by atoms with E-state index in [1.54, 1.807) is 0 Å². The molecular weight excluding hydrogens is 158 g/mol. The summed E-state index contributed by atoms with van der Waals surface area (Å²) in [6.45, 7) is 10.6. The molecule has 0 radical (unpaired) electrons. The van der Waals surface area contributed by atoms with Gasteiger partial charge in [0.15, 0.2) is 0 Å². The van der Waals surface area contributed by atoms with Gasteiger partial charge in [0.05, 0.1) is 20.6 Å². The molecule has 0 amide bonds. The highest BCUT2D eigenvalue weighted by atomic mass is 35.5. The van der Waals surface area contributed by atoms with E-state index in [0.717, 1.165) is 11.0 Å². The van der Waals surface area contributed by atoms with E-state index < -0.39 is 0 Å². The topological polar surface area (TPSA) is 0 Å². The smallest absolute Gasteiger partial charge is 0.104 e. The van der Waals surface area contributed by atoms with Crippen molar-refractivity contribution in [3.05, 3.63) is 25.3 Å². The highest BCUT2D eigenvalue weighted by Gasteiger charge is 2.18. The van der Waals surface area contributed by atoms with Gasteiger partial charge in [-0.2, -0.15) is 0 Å². The lowest BCUT2D eigenvalue weighted by molar-refractivity contribution is -0.900. The summed E-state index contributed by atoms with van der Waals surface area (Å²) < 4.78 is 0.938. The maximum Gasteiger partial charge on any atom is 0.104 e. The van der Waals surface area contributed by atoms with Crippen LogP contribution in [0.15, 0.2) is 25.3 Å². The molecule has 0 aliphatic rings. The van der Waals surface area contributed by atoms with E-state index in [0.29, 0.717) is 6.04 Å². The van der Waals surface area contributed by atoms with Gasteiger partial charge in [0.25, 0.3) is 0 Å². The molecule has 0 spiro atoms. The van der Waals surface area contributed by atoms with Crippen LogP contribution in [0.25, 0.3) is 0 Å². The van der Waals surface area contributed by atoms with Gasteiger partial charge in [0, 0.05) is 0 Å². The first-order chi connectivity index (χ1) is 4.54. The average molecular weight is 176 g/mol. The average Bonchev–Trinajstić information content (AvgIpc) is 1.86. The second kappa shape index (κ2) is 5.39. The van der Waals surface area contributed by atoms with Crippen molar-refractivity contribution >= 4 is 0 Å². The molecule has 1 nitrogen and oxygen atoms in total. The molecule has 0 aliphatic heterocycles. The molecule has 1 unspecified atom stereocenters. The van der Waals surface area contributed by atoms with E-state index >= 15 is 0 Å². The van der Waals surface area contributed by atoms with E-state index in [1.165, 1.54) is 0 Å². The van der Waals surface area contributed by atoms with Crippen molar-refractivity contribution in [2.75, 3.05) is 20.6 Å². The van der Waals surface area contributed by atoms with Gasteiger partial charge in [-0.05, 0) is 19.1 Å². The number of hydrogen-bond donors (Lipinski definition) is 0. The van der Waals surface area contributed by atoms with Gasteiger partial charge < -0.3 is 16.9 Å². The number of hydrogen-bond acceptors (Lipinski definition) is 0. The van der Waals surface area contributed by atoms with E-state index in [4.69, 9.17) is 0 Å². The Hall–Kier alpha value is -0.270. The molecule has 0 bridgehead atoms. The Balaban J connectivity index is 0. The molecule has 1 atom stereocenters. The zero-order valence-electron chi connectivity index (χ0n) is 7.68. The molecule has 0 rings (SSSR count). The lowest BCUT2D eigenvalue weighted by atomic mass is 10.2. The monoisotopic (exact) mass is 175 g/mol. The van der Waals surface area contributed by atoms with Gasteiger partial charge in [-0.3, -0.25) is 0 Å². The molecule has 0 aliphatic carbocycles. The number of rotatable bonds is 4. The summed E-state index contributed by atoms with van der Waals surface area (Å²) in [4.78, 5) is 0. The second-order valence-electron chi connectivity index (χ2n) is 3.23. The van der Waals surface area contributed by atoms with Crippen molar-refractivity contribution in [1.82, 2.24) is 0 Å². The predicted molar refractivity (Wildman–Crippen MR) is 46.8 cm³/mol. The van der Waals surface area contributed by atoms with Crippen molar-refractivity contribution in [2.24, 2.45) is 0 Å². The quantitative estimate of drug-likeness (QED) is 0.373. The summed E-state index contributed by atoms with van der Waals surface area (Å²) in [6.07, 6.45) is 3.92. The third kappa shape index (κ3) is 4.23. The Morgan fingerprint density at radius 1 is 1.36 bits per heavy atom. The Morgan fingerprint density at radius 2 is 1.82 bits per heavy atom. The van der Waals surface area contributed by atoms with Crippen LogP contribution < -0.4 is 12.4 Å². The molecule has 0 fully saturated rings. The van der Waals surface area contributed by atoms with Gasteiger partial charge in [0.1, 0.15) is 6.04 Å². The van der Waals surface area contributed by atoms with Crippen LogP contribution in [0, 0.1) is 0 Å². The maximum absolute atomic E-state index is 3.76. The van der Waals surface area contributed by atoms with Crippen molar-refractivity contribution < 1.29 is 16.9 Å². The van der Waals surface area contributed by atoms with Crippen molar-refractivity contribution in [2.45, 2.75) is 13.0 Å². The Labute approximate surface area is 76.4 Å². The number of halogens is 1. The van der Waals surface area contributed by atoms with Gasteiger partial charge in [-0.25, -0.2) is 0 Å². The first-order valence-electron chi connectivity index (χ1n) is 3.60. The fourth-order valence-electron chi connectivity index (χ4n) is 0.784. The highest BCUT2D eigenvalue weighted by molar-refractivity contribution is 4.77. The van der Waals surface area contributed by atoms with Gasteiger partial charge >= 0.3 is 0 Å². The minimum atomic E-state index is 0. The lowest BCUT2D eigenvalue weighted by Crippen LogP contribution is -3.00. The first kappa shape index (κ1) is 13.3. The zero-order valence-corrected chi connectivity index (χ0v) is 8.43. The third-order valence-electron chi connectivity index (χ3n) is 2.04. The van der Waals surface area contributed by atoms with Crippen molar-refractivity contribution in [3.8, 4) is 0 Å². The van der Waals surface area contributed by atoms with Crippen LogP contribution in [0.1, 0.15) is 6.92 Å².